The van der Waals surface area contributed by atoms with Crippen LogP contribution in [0.3, 0.4) is 0 Å². The van der Waals surface area contributed by atoms with Crippen LogP contribution in [-0.4, -0.2) is 6.29 Å². The number of carbonyl (C=O) groups is 1. The summed E-state index contributed by atoms with van der Waals surface area (Å²) < 4.78 is 0. The molecule has 10 heavy (non-hydrogen) atoms. The summed E-state index contributed by atoms with van der Waals surface area (Å²) in [6, 6.07) is 9.51. The van der Waals surface area contributed by atoms with E-state index in [0.717, 1.165) is 5.69 Å². The van der Waals surface area contributed by atoms with Gasteiger partial charge in [0.05, 0.1) is 0 Å². The minimum Gasteiger partial charge on any atom is -0.373 e. The van der Waals surface area contributed by atoms with Crippen LogP contribution in [0.15, 0.2) is 30.3 Å². The van der Waals surface area contributed by atoms with E-state index >= 15 is 0 Å². The number of hydrogen-bond donors (Lipinski definition) is 1. The number of benzene rings is 1. The first-order valence-corrected chi connectivity index (χ1v) is 3.02. The molecule has 0 aliphatic carbocycles. The van der Waals surface area contributed by atoms with Crippen LogP contribution in [0, 0.1) is 6.54 Å². The second-order valence-electron chi connectivity index (χ2n) is 1.81. The lowest BCUT2D eigenvalue weighted by atomic mass is 10.3. The molecule has 0 amide bonds. The molecule has 1 rings (SSSR count). The lowest BCUT2D eigenvalue weighted by Crippen LogP contribution is -1.93. The fourth-order valence-electron chi connectivity index (χ4n) is 0.665. The van der Waals surface area contributed by atoms with E-state index in [9.17, 15) is 4.79 Å². The highest BCUT2D eigenvalue weighted by molar-refractivity contribution is 5.66. The third kappa shape index (κ3) is 1.90. The normalized spacial score (nSPS) is 8.80. The maximum atomic E-state index is 9.86. The molecule has 1 aromatic carbocycles. The van der Waals surface area contributed by atoms with Crippen molar-refractivity contribution in [3.8, 4) is 0 Å². The molecule has 0 heterocycles. The third-order valence-corrected chi connectivity index (χ3v) is 1.09. The highest BCUT2D eigenvalue weighted by Gasteiger charge is 1.84. The van der Waals surface area contributed by atoms with Gasteiger partial charge >= 0.3 is 0 Å². The van der Waals surface area contributed by atoms with E-state index < -0.39 is 0 Å². The summed E-state index contributed by atoms with van der Waals surface area (Å²) in [7, 11) is 0. The number of anilines is 1. The van der Waals surface area contributed by atoms with Gasteiger partial charge in [-0.3, -0.25) is 0 Å². The predicted octanol–water partition coefficient (Wildman–Crippen LogP) is 1.46. The minimum atomic E-state index is 0.715. The fraction of sp³-hybridized carbons (Fsp3) is 0. The standard InChI is InChI=1S/C8H8NO/c10-7-6-9-8-4-2-1-3-5-8/h1-7,9H. The average Bonchev–Trinajstić information content (AvgIpc) is 2.03. The van der Waals surface area contributed by atoms with Gasteiger partial charge in [0.25, 0.3) is 0 Å². The van der Waals surface area contributed by atoms with Crippen molar-refractivity contribution >= 4 is 12.0 Å². The molecule has 0 spiro atoms. The average molecular weight is 134 g/mol. The number of nitrogens with one attached hydrogen (secondary N) is 1. The first kappa shape index (κ1) is 6.81. The van der Waals surface area contributed by atoms with Crippen LogP contribution in [-0.2, 0) is 4.79 Å². The topological polar surface area (TPSA) is 29.1 Å². The van der Waals surface area contributed by atoms with E-state index in [1.165, 1.54) is 6.54 Å². The van der Waals surface area contributed by atoms with E-state index in [0.29, 0.717) is 6.29 Å². The molecule has 0 fully saturated rings. The lowest BCUT2D eigenvalue weighted by molar-refractivity contribution is -0.105. The monoisotopic (exact) mass is 134 g/mol. The molecule has 0 aliphatic rings. The summed E-state index contributed by atoms with van der Waals surface area (Å²) in [4.78, 5) is 9.86. The van der Waals surface area contributed by atoms with Crippen molar-refractivity contribution in [2.75, 3.05) is 5.32 Å². The fourth-order valence-corrected chi connectivity index (χ4v) is 0.665. The Hall–Kier alpha value is -1.31. The Morgan fingerprint density at radius 3 is 2.50 bits per heavy atom. The van der Waals surface area contributed by atoms with E-state index in [1.54, 1.807) is 0 Å². The quantitative estimate of drug-likeness (QED) is 0.634. The Labute approximate surface area is 59.9 Å². The van der Waals surface area contributed by atoms with Crippen LogP contribution in [0.25, 0.3) is 0 Å². The molecule has 1 aromatic rings. The second kappa shape index (κ2) is 3.67. The molecule has 0 atom stereocenters. The first-order valence-electron chi connectivity index (χ1n) is 3.02. The molecule has 0 aromatic heterocycles. The molecule has 2 nitrogen and oxygen atoms in total. The number of hydrogen-bond acceptors (Lipinski definition) is 2. The molecule has 51 valence electrons. The van der Waals surface area contributed by atoms with E-state index in [1.807, 2.05) is 30.3 Å². The molecule has 0 unspecified atom stereocenters. The summed E-state index contributed by atoms with van der Waals surface area (Å²) in [5, 5.41) is 2.80. The van der Waals surface area contributed by atoms with Crippen molar-refractivity contribution in [3.63, 3.8) is 0 Å². The predicted molar refractivity (Wildman–Crippen MR) is 40.4 cm³/mol. The van der Waals surface area contributed by atoms with E-state index in [2.05, 4.69) is 5.32 Å². The summed E-state index contributed by atoms with van der Waals surface area (Å²) in [6.45, 7) is 1.36. The molecule has 1 radical (unpaired) electrons. The van der Waals surface area contributed by atoms with Gasteiger partial charge in [-0.2, -0.15) is 0 Å². The van der Waals surface area contributed by atoms with Crippen LogP contribution in [0.5, 0.6) is 0 Å². The van der Waals surface area contributed by atoms with Crippen LogP contribution in [0.1, 0.15) is 0 Å². The van der Waals surface area contributed by atoms with Crippen molar-refractivity contribution in [2.24, 2.45) is 0 Å². The second-order valence-corrected chi connectivity index (χ2v) is 1.81. The Morgan fingerprint density at radius 1 is 1.20 bits per heavy atom. The van der Waals surface area contributed by atoms with Gasteiger partial charge in [-0.15, -0.1) is 0 Å². The van der Waals surface area contributed by atoms with Gasteiger partial charge in [-0.25, -0.2) is 0 Å². The number of aldehydes is 1. The van der Waals surface area contributed by atoms with Crippen LogP contribution in [0.4, 0.5) is 5.69 Å². The summed E-state index contributed by atoms with van der Waals surface area (Å²) >= 11 is 0. The summed E-state index contributed by atoms with van der Waals surface area (Å²) in [5.74, 6) is 0. The Balaban J connectivity index is 2.50. The van der Waals surface area contributed by atoms with Gasteiger partial charge in [0.2, 0.25) is 0 Å². The maximum Gasteiger partial charge on any atom is 0.144 e. The summed E-state index contributed by atoms with van der Waals surface area (Å²) in [6.07, 6.45) is 0.715. The van der Waals surface area contributed by atoms with Crippen LogP contribution in [0.2, 0.25) is 0 Å². The number of para-hydroxylation sites is 1. The molecule has 1 N–H and O–H groups in total. The zero-order chi connectivity index (χ0) is 7.23. The van der Waals surface area contributed by atoms with Gasteiger partial charge in [0.15, 0.2) is 0 Å². The smallest absolute Gasteiger partial charge is 0.144 e. The molecule has 0 saturated carbocycles. The minimum absolute atomic E-state index is 0.715. The molecule has 0 saturated heterocycles. The Kier molecular flexibility index (Phi) is 2.49. The molecular weight excluding hydrogens is 126 g/mol. The van der Waals surface area contributed by atoms with E-state index in [-0.39, 0.29) is 0 Å². The van der Waals surface area contributed by atoms with Crippen molar-refractivity contribution in [2.45, 2.75) is 0 Å². The Bertz CT molecular complexity index is 196. The molecular formula is C8H8NO. The number of carbonyl (C=O) groups excluding carboxylic acids is 1. The van der Waals surface area contributed by atoms with Crippen molar-refractivity contribution in [1.82, 2.24) is 0 Å². The zero-order valence-corrected chi connectivity index (χ0v) is 5.45. The Morgan fingerprint density at radius 2 is 1.90 bits per heavy atom. The van der Waals surface area contributed by atoms with Gasteiger partial charge in [-0.05, 0) is 12.1 Å². The van der Waals surface area contributed by atoms with Gasteiger partial charge in [0, 0.05) is 5.69 Å². The first-order chi connectivity index (χ1) is 4.93. The van der Waals surface area contributed by atoms with E-state index in [4.69, 9.17) is 0 Å². The SMILES string of the molecule is O=C[CH]Nc1ccccc1. The van der Waals surface area contributed by atoms with Crippen molar-refractivity contribution in [3.05, 3.63) is 36.9 Å². The molecule has 2 heteroatoms. The van der Waals surface area contributed by atoms with Crippen molar-refractivity contribution < 1.29 is 4.79 Å². The highest BCUT2D eigenvalue weighted by atomic mass is 16.1. The van der Waals surface area contributed by atoms with Gasteiger partial charge < -0.3 is 10.1 Å². The number of rotatable bonds is 3. The molecule has 0 bridgehead atoms. The van der Waals surface area contributed by atoms with Crippen LogP contribution >= 0.6 is 0 Å². The lowest BCUT2D eigenvalue weighted by Gasteiger charge is -1.97. The zero-order valence-electron chi connectivity index (χ0n) is 5.45. The van der Waals surface area contributed by atoms with Crippen molar-refractivity contribution in [1.29, 1.82) is 0 Å². The summed E-state index contributed by atoms with van der Waals surface area (Å²) in [5.41, 5.74) is 0.926. The highest BCUT2D eigenvalue weighted by Crippen LogP contribution is 2.03. The van der Waals surface area contributed by atoms with Crippen LogP contribution < -0.4 is 5.32 Å². The van der Waals surface area contributed by atoms with Gasteiger partial charge in [0.1, 0.15) is 12.8 Å². The third-order valence-electron chi connectivity index (χ3n) is 1.09. The molecule has 0 aliphatic heterocycles. The van der Waals surface area contributed by atoms with Gasteiger partial charge in [-0.1, -0.05) is 18.2 Å². The maximum absolute atomic E-state index is 9.86. The largest absolute Gasteiger partial charge is 0.373 e.